The van der Waals surface area contributed by atoms with Crippen LogP contribution in [0.3, 0.4) is 0 Å². The number of carbonyl (C=O) groups is 1. The topological polar surface area (TPSA) is 148 Å². The highest BCUT2D eigenvalue weighted by Gasteiger charge is 2.29. The number of aryl methyl sites for hydroxylation is 1. The van der Waals surface area contributed by atoms with Crippen molar-refractivity contribution in [2.75, 3.05) is 0 Å². The van der Waals surface area contributed by atoms with Gasteiger partial charge in [-0.25, -0.2) is 27.2 Å². The van der Waals surface area contributed by atoms with Crippen LogP contribution >= 0.6 is 0 Å². The van der Waals surface area contributed by atoms with E-state index in [4.69, 9.17) is 14.5 Å². The van der Waals surface area contributed by atoms with Crippen molar-refractivity contribution in [1.82, 2.24) is 18.5 Å². The van der Waals surface area contributed by atoms with Crippen LogP contribution in [0.1, 0.15) is 37.5 Å². The zero-order chi connectivity index (χ0) is 28.7. The van der Waals surface area contributed by atoms with E-state index in [9.17, 15) is 23.3 Å². The number of nitro benzene ring substituents is 1. The number of aromatic nitrogens is 4. The molecule has 0 unspecified atom stereocenters. The fraction of sp³-hybridized carbons (Fsp3) is 0.250. The Morgan fingerprint density at radius 2 is 1.73 bits per heavy atom. The first kappa shape index (κ1) is 26.4. The SMILES string of the molecule is Cc1nc2cnc3c(ccn3S(=O)(=O)c3ccccc3)c2n1C1CCC(OC(=O)Oc2ccc([N+](=O)[O-])cc2)CC1. The number of carbonyl (C=O) groups excluding carboxylic acids is 1. The zero-order valence-electron chi connectivity index (χ0n) is 21.9. The van der Waals surface area contributed by atoms with Gasteiger partial charge in [-0.2, -0.15) is 0 Å². The Hall–Kier alpha value is -4.78. The molecule has 13 heteroatoms. The maximum absolute atomic E-state index is 13.3. The molecular weight excluding hydrogens is 550 g/mol. The van der Waals surface area contributed by atoms with Gasteiger partial charge in [-0.05, 0) is 62.9 Å². The van der Waals surface area contributed by atoms with Crippen molar-refractivity contribution in [1.29, 1.82) is 0 Å². The molecule has 0 radical (unpaired) electrons. The Bertz CT molecular complexity index is 1870. The van der Waals surface area contributed by atoms with E-state index in [0.29, 0.717) is 42.2 Å². The van der Waals surface area contributed by atoms with Gasteiger partial charge in [0.2, 0.25) is 0 Å². The molecule has 3 aromatic heterocycles. The minimum atomic E-state index is -3.84. The van der Waals surface area contributed by atoms with E-state index >= 15 is 0 Å². The summed E-state index contributed by atoms with van der Waals surface area (Å²) in [5.41, 5.74) is 1.72. The summed E-state index contributed by atoms with van der Waals surface area (Å²) in [6, 6.07) is 15.2. The van der Waals surface area contributed by atoms with Gasteiger partial charge < -0.3 is 14.0 Å². The van der Waals surface area contributed by atoms with Crippen molar-refractivity contribution >= 4 is 43.9 Å². The molecule has 6 rings (SSSR count). The highest BCUT2D eigenvalue weighted by molar-refractivity contribution is 7.90. The number of pyridine rings is 1. The summed E-state index contributed by atoms with van der Waals surface area (Å²) in [6.07, 6.45) is 4.51. The Morgan fingerprint density at radius 1 is 1.02 bits per heavy atom. The predicted molar refractivity (Wildman–Crippen MR) is 148 cm³/mol. The van der Waals surface area contributed by atoms with E-state index in [1.165, 1.54) is 34.4 Å². The van der Waals surface area contributed by atoms with Crippen molar-refractivity contribution in [3.63, 3.8) is 0 Å². The quantitative estimate of drug-likeness (QED) is 0.110. The predicted octanol–water partition coefficient (Wildman–Crippen LogP) is 5.54. The number of nitrogens with zero attached hydrogens (tertiary/aromatic N) is 5. The lowest BCUT2D eigenvalue weighted by Gasteiger charge is -2.30. The van der Waals surface area contributed by atoms with Crippen molar-refractivity contribution in [2.45, 2.75) is 49.6 Å². The zero-order valence-corrected chi connectivity index (χ0v) is 22.7. The number of benzene rings is 2. The standard InChI is InChI=1S/C28H25N5O7S/c1-18-30-25-17-29-27-24(15-16-31(27)41(37,38)23-5-3-2-4-6-23)26(25)32(18)19-7-11-21(12-8-19)39-28(34)40-22-13-9-20(10-14-22)33(35)36/h2-6,9-10,13-17,19,21H,7-8,11-12H2,1H3. The van der Waals surface area contributed by atoms with Crippen molar-refractivity contribution in [3.8, 4) is 5.75 Å². The molecule has 1 fully saturated rings. The molecule has 0 bridgehead atoms. The lowest BCUT2D eigenvalue weighted by molar-refractivity contribution is -0.384. The van der Waals surface area contributed by atoms with Gasteiger partial charge >= 0.3 is 6.16 Å². The third-order valence-electron chi connectivity index (χ3n) is 7.33. The first-order valence-electron chi connectivity index (χ1n) is 13.0. The van der Waals surface area contributed by atoms with Crippen molar-refractivity contribution in [2.24, 2.45) is 0 Å². The van der Waals surface area contributed by atoms with Gasteiger partial charge in [-0.1, -0.05) is 18.2 Å². The van der Waals surface area contributed by atoms with Crippen LogP contribution in [-0.2, 0) is 14.8 Å². The molecule has 1 aliphatic carbocycles. The van der Waals surface area contributed by atoms with E-state index in [-0.39, 0.29) is 28.5 Å². The first-order chi connectivity index (χ1) is 19.7. The smallest absolute Gasteiger partial charge is 0.431 e. The summed E-state index contributed by atoms with van der Waals surface area (Å²) in [7, 11) is -3.84. The molecule has 0 spiro atoms. The lowest BCUT2D eigenvalue weighted by Crippen LogP contribution is -2.27. The minimum absolute atomic E-state index is 0.0604. The highest BCUT2D eigenvalue weighted by Crippen LogP contribution is 2.36. The van der Waals surface area contributed by atoms with Gasteiger partial charge in [-0.15, -0.1) is 0 Å². The molecule has 2 aromatic carbocycles. The average molecular weight is 576 g/mol. The number of rotatable bonds is 6. The van der Waals surface area contributed by atoms with Gasteiger partial charge in [0.1, 0.15) is 23.2 Å². The molecule has 1 saturated carbocycles. The van der Waals surface area contributed by atoms with Gasteiger partial charge in [0.15, 0.2) is 5.65 Å². The van der Waals surface area contributed by atoms with Crippen LogP contribution in [0.25, 0.3) is 22.1 Å². The molecule has 0 atom stereocenters. The summed E-state index contributed by atoms with van der Waals surface area (Å²) in [5, 5.41) is 11.5. The molecule has 1 aliphatic rings. The summed E-state index contributed by atoms with van der Waals surface area (Å²) < 4.78 is 40.7. The second-order valence-corrected chi connectivity index (χ2v) is 11.7. The van der Waals surface area contributed by atoms with Gasteiger partial charge in [0, 0.05) is 29.8 Å². The largest absolute Gasteiger partial charge is 0.514 e. The molecule has 0 aliphatic heterocycles. The normalized spacial score (nSPS) is 17.5. The molecule has 0 saturated heterocycles. The van der Waals surface area contributed by atoms with Crippen LogP contribution in [0, 0.1) is 17.0 Å². The molecule has 41 heavy (non-hydrogen) atoms. The fourth-order valence-electron chi connectivity index (χ4n) is 5.42. The third kappa shape index (κ3) is 4.88. The molecule has 3 heterocycles. The summed E-state index contributed by atoms with van der Waals surface area (Å²) in [5.74, 6) is 0.948. The molecule has 0 N–H and O–H groups in total. The maximum atomic E-state index is 13.3. The van der Waals surface area contributed by atoms with Crippen LogP contribution in [0.4, 0.5) is 10.5 Å². The number of non-ortho nitro benzene ring substituents is 1. The summed E-state index contributed by atoms with van der Waals surface area (Å²) in [6.45, 7) is 1.91. The number of imidazole rings is 1. The Kier molecular flexibility index (Phi) is 6.66. The van der Waals surface area contributed by atoms with E-state index < -0.39 is 21.1 Å². The average Bonchev–Trinajstić information content (AvgIpc) is 3.55. The molecule has 5 aromatic rings. The second-order valence-electron chi connectivity index (χ2n) is 9.84. The third-order valence-corrected chi connectivity index (χ3v) is 9.01. The van der Waals surface area contributed by atoms with Gasteiger partial charge in [0.25, 0.3) is 15.7 Å². The fourth-order valence-corrected chi connectivity index (χ4v) is 6.75. The first-order valence-corrected chi connectivity index (χ1v) is 14.4. The number of hydrogen-bond acceptors (Lipinski definition) is 9. The Balaban J connectivity index is 1.20. The monoisotopic (exact) mass is 575 g/mol. The summed E-state index contributed by atoms with van der Waals surface area (Å²) in [4.78, 5) is 31.9. The van der Waals surface area contributed by atoms with Crippen LogP contribution in [-0.4, -0.2) is 44.1 Å². The molecule has 12 nitrogen and oxygen atoms in total. The minimum Gasteiger partial charge on any atom is -0.431 e. The second kappa shape index (κ2) is 10.3. The number of ether oxygens (including phenoxy) is 2. The van der Waals surface area contributed by atoms with Crippen LogP contribution in [0.15, 0.2) is 78.0 Å². The number of fused-ring (bicyclic) bond motifs is 3. The van der Waals surface area contributed by atoms with E-state index in [1.807, 2.05) is 6.92 Å². The number of hydrogen-bond donors (Lipinski definition) is 0. The highest BCUT2D eigenvalue weighted by atomic mass is 32.2. The molecular formula is C28H25N5O7S. The van der Waals surface area contributed by atoms with Crippen LogP contribution < -0.4 is 4.74 Å². The van der Waals surface area contributed by atoms with E-state index in [0.717, 1.165) is 11.3 Å². The summed E-state index contributed by atoms with van der Waals surface area (Å²) >= 11 is 0. The van der Waals surface area contributed by atoms with Crippen molar-refractivity contribution < 1.29 is 27.6 Å². The number of nitro groups is 1. The maximum Gasteiger partial charge on any atom is 0.514 e. The Morgan fingerprint density at radius 3 is 2.41 bits per heavy atom. The Labute approximate surface area is 234 Å². The van der Waals surface area contributed by atoms with Crippen LogP contribution in [0.5, 0.6) is 5.75 Å². The van der Waals surface area contributed by atoms with Gasteiger partial charge in [0.05, 0.1) is 21.5 Å². The van der Waals surface area contributed by atoms with E-state index in [2.05, 4.69) is 9.55 Å². The van der Waals surface area contributed by atoms with Gasteiger partial charge in [-0.3, -0.25) is 10.1 Å². The molecule has 210 valence electrons. The van der Waals surface area contributed by atoms with E-state index in [1.54, 1.807) is 42.6 Å². The van der Waals surface area contributed by atoms with Crippen molar-refractivity contribution in [3.05, 3.63) is 89.0 Å². The van der Waals surface area contributed by atoms with Crippen LogP contribution in [0.2, 0.25) is 0 Å². The lowest BCUT2D eigenvalue weighted by atomic mass is 9.92. The molecule has 0 amide bonds.